The molecule has 2 aromatic rings. The number of nitrogens with zero attached hydrogens (tertiary/aromatic N) is 1. The van der Waals surface area contributed by atoms with Gasteiger partial charge in [0.15, 0.2) is 5.13 Å². The molecule has 0 saturated carbocycles. The first-order valence-electron chi connectivity index (χ1n) is 5.36. The summed E-state index contributed by atoms with van der Waals surface area (Å²) >= 11 is 7.29. The molecule has 4 nitrogen and oxygen atoms in total. The molecular formula is C12H12ClN3OS. The van der Waals surface area contributed by atoms with Crippen molar-refractivity contribution in [3.05, 3.63) is 35.9 Å². The number of hydrogen-bond donors (Lipinski definition) is 2. The fourth-order valence-corrected chi connectivity index (χ4v) is 2.56. The number of halogens is 1. The number of carbonyl (C=O) groups is 1. The van der Waals surface area contributed by atoms with E-state index in [0.717, 1.165) is 10.2 Å². The lowest BCUT2D eigenvalue weighted by molar-refractivity contribution is -0.115. The van der Waals surface area contributed by atoms with Crippen LogP contribution in [0.2, 0.25) is 5.02 Å². The van der Waals surface area contributed by atoms with E-state index in [1.54, 1.807) is 12.1 Å². The molecule has 0 fully saturated rings. The number of benzene rings is 1. The van der Waals surface area contributed by atoms with Crippen molar-refractivity contribution in [1.29, 1.82) is 0 Å². The van der Waals surface area contributed by atoms with Gasteiger partial charge in [0.2, 0.25) is 5.91 Å². The molecule has 0 aliphatic carbocycles. The van der Waals surface area contributed by atoms with Gasteiger partial charge >= 0.3 is 0 Å². The molecule has 1 amide bonds. The molecule has 0 atom stereocenters. The van der Waals surface area contributed by atoms with E-state index in [9.17, 15) is 4.79 Å². The van der Waals surface area contributed by atoms with E-state index in [-0.39, 0.29) is 12.5 Å². The molecule has 1 aromatic heterocycles. The van der Waals surface area contributed by atoms with Crippen molar-refractivity contribution in [2.75, 3.05) is 18.4 Å². The van der Waals surface area contributed by atoms with Gasteiger partial charge in [-0.3, -0.25) is 4.79 Å². The minimum atomic E-state index is -0.123. The summed E-state index contributed by atoms with van der Waals surface area (Å²) in [4.78, 5) is 15.9. The van der Waals surface area contributed by atoms with E-state index in [0.29, 0.717) is 16.7 Å². The zero-order valence-corrected chi connectivity index (χ0v) is 11.1. The molecule has 2 N–H and O–H groups in total. The van der Waals surface area contributed by atoms with Gasteiger partial charge in [0, 0.05) is 11.6 Å². The van der Waals surface area contributed by atoms with Crippen molar-refractivity contribution in [3.8, 4) is 0 Å². The smallest absolute Gasteiger partial charge is 0.240 e. The number of amides is 1. The highest BCUT2D eigenvalue weighted by Crippen LogP contribution is 2.28. The van der Waals surface area contributed by atoms with Gasteiger partial charge in [-0.05, 0) is 18.2 Å². The summed E-state index contributed by atoms with van der Waals surface area (Å²) in [6, 6.07) is 5.45. The van der Waals surface area contributed by atoms with Crippen LogP contribution in [0.1, 0.15) is 0 Å². The summed E-state index contributed by atoms with van der Waals surface area (Å²) in [7, 11) is 0. The van der Waals surface area contributed by atoms with Crippen LogP contribution in [0.25, 0.3) is 10.2 Å². The molecule has 0 aliphatic heterocycles. The first-order chi connectivity index (χ1) is 8.69. The van der Waals surface area contributed by atoms with Crippen LogP contribution < -0.4 is 10.6 Å². The summed E-state index contributed by atoms with van der Waals surface area (Å²) in [6.07, 6.45) is 1.70. The third-order valence-electron chi connectivity index (χ3n) is 2.17. The second-order valence-electron chi connectivity index (χ2n) is 3.60. The van der Waals surface area contributed by atoms with Crippen molar-refractivity contribution in [2.24, 2.45) is 0 Å². The summed E-state index contributed by atoms with van der Waals surface area (Å²) in [6.45, 7) is 4.40. The van der Waals surface area contributed by atoms with E-state index >= 15 is 0 Å². The highest BCUT2D eigenvalue weighted by Gasteiger charge is 2.07. The maximum absolute atomic E-state index is 11.6. The second-order valence-corrected chi connectivity index (χ2v) is 5.07. The molecule has 0 radical (unpaired) electrons. The first-order valence-corrected chi connectivity index (χ1v) is 6.56. The molecule has 1 heterocycles. The normalized spacial score (nSPS) is 10.5. The van der Waals surface area contributed by atoms with Crippen molar-refractivity contribution in [3.63, 3.8) is 0 Å². The Morgan fingerprint density at radius 3 is 3.17 bits per heavy atom. The van der Waals surface area contributed by atoms with Crippen molar-refractivity contribution >= 4 is 44.2 Å². The minimum absolute atomic E-state index is 0.123. The predicted octanol–water partition coefficient (Wildman–Crippen LogP) is 2.66. The van der Waals surface area contributed by atoms with Crippen LogP contribution in [-0.2, 0) is 4.79 Å². The average Bonchev–Trinajstić information content (AvgIpc) is 2.70. The highest BCUT2D eigenvalue weighted by molar-refractivity contribution is 7.22. The summed E-state index contributed by atoms with van der Waals surface area (Å²) in [5.74, 6) is -0.123. The lowest BCUT2D eigenvalue weighted by atomic mass is 10.3. The Morgan fingerprint density at radius 1 is 1.56 bits per heavy atom. The summed E-state index contributed by atoms with van der Waals surface area (Å²) in [5.41, 5.74) is 0.832. The van der Waals surface area contributed by atoms with Crippen molar-refractivity contribution < 1.29 is 4.79 Å². The Balaban J connectivity index is 2.03. The molecule has 0 unspecified atom stereocenters. The van der Waals surface area contributed by atoms with E-state index in [4.69, 9.17) is 11.6 Å². The Morgan fingerprint density at radius 2 is 2.39 bits per heavy atom. The average molecular weight is 282 g/mol. The van der Waals surface area contributed by atoms with Gasteiger partial charge < -0.3 is 10.6 Å². The van der Waals surface area contributed by atoms with Crippen molar-refractivity contribution in [1.82, 2.24) is 10.3 Å². The number of thiazole rings is 1. The topological polar surface area (TPSA) is 54.0 Å². The zero-order valence-electron chi connectivity index (χ0n) is 9.57. The molecule has 18 heavy (non-hydrogen) atoms. The number of fused-ring (bicyclic) bond motifs is 1. The molecule has 0 bridgehead atoms. The van der Waals surface area contributed by atoms with Crippen LogP contribution in [0.3, 0.4) is 0 Å². The molecule has 2 rings (SSSR count). The van der Waals surface area contributed by atoms with Crippen LogP contribution >= 0.6 is 22.9 Å². The van der Waals surface area contributed by atoms with E-state index < -0.39 is 0 Å². The van der Waals surface area contributed by atoms with Crippen molar-refractivity contribution in [2.45, 2.75) is 0 Å². The molecule has 6 heteroatoms. The second kappa shape index (κ2) is 5.95. The van der Waals surface area contributed by atoms with E-state index in [1.807, 2.05) is 12.1 Å². The number of nitrogens with one attached hydrogen (secondary N) is 2. The van der Waals surface area contributed by atoms with Crippen LogP contribution in [0.15, 0.2) is 30.9 Å². The largest absolute Gasteiger partial charge is 0.305 e. The first kappa shape index (κ1) is 13.0. The van der Waals surface area contributed by atoms with Crippen LogP contribution in [0, 0.1) is 0 Å². The number of anilines is 1. The molecule has 1 aromatic carbocycles. The van der Waals surface area contributed by atoms with E-state index in [1.165, 1.54) is 11.3 Å². The third kappa shape index (κ3) is 3.29. The minimum Gasteiger partial charge on any atom is -0.305 e. The molecule has 0 aliphatic rings. The quantitative estimate of drug-likeness (QED) is 0.654. The molecule has 0 spiro atoms. The Bertz CT molecular complexity index is 582. The van der Waals surface area contributed by atoms with Crippen LogP contribution in [-0.4, -0.2) is 24.0 Å². The maximum Gasteiger partial charge on any atom is 0.240 e. The molecule has 94 valence electrons. The standard InChI is InChI=1S/C12H12ClN3OS/c1-2-5-14-7-11(17)16-12-15-9-4-3-8(13)6-10(9)18-12/h2-4,6,14H,1,5,7H2,(H,15,16,17). The number of carbonyl (C=O) groups excluding carboxylic acids is 1. The zero-order chi connectivity index (χ0) is 13.0. The number of aromatic nitrogens is 1. The summed E-state index contributed by atoms with van der Waals surface area (Å²) < 4.78 is 0.955. The van der Waals surface area contributed by atoms with Gasteiger partial charge in [0.05, 0.1) is 16.8 Å². The Labute approximate surface area is 114 Å². The van der Waals surface area contributed by atoms with Gasteiger partial charge in [-0.1, -0.05) is 29.0 Å². The molecular weight excluding hydrogens is 270 g/mol. The SMILES string of the molecule is C=CCNCC(=O)Nc1nc2ccc(Cl)cc2s1. The monoisotopic (exact) mass is 281 g/mol. The fraction of sp³-hybridized carbons (Fsp3) is 0.167. The fourth-order valence-electron chi connectivity index (χ4n) is 1.40. The Kier molecular flexibility index (Phi) is 4.30. The van der Waals surface area contributed by atoms with Crippen LogP contribution in [0.4, 0.5) is 5.13 Å². The number of rotatable bonds is 5. The lowest BCUT2D eigenvalue weighted by Crippen LogP contribution is -2.27. The van der Waals surface area contributed by atoms with E-state index in [2.05, 4.69) is 22.2 Å². The third-order valence-corrected chi connectivity index (χ3v) is 3.34. The van der Waals surface area contributed by atoms with Gasteiger partial charge in [0.1, 0.15) is 0 Å². The van der Waals surface area contributed by atoms with Gasteiger partial charge in [-0.25, -0.2) is 4.98 Å². The van der Waals surface area contributed by atoms with Gasteiger partial charge in [-0.15, -0.1) is 6.58 Å². The number of hydrogen-bond acceptors (Lipinski definition) is 4. The maximum atomic E-state index is 11.6. The predicted molar refractivity (Wildman–Crippen MR) is 76.3 cm³/mol. The van der Waals surface area contributed by atoms with Gasteiger partial charge in [0.25, 0.3) is 0 Å². The lowest BCUT2D eigenvalue weighted by Gasteiger charge is -2.01. The molecule has 0 saturated heterocycles. The van der Waals surface area contributed by atoms with Gasteiger partial charge in [-0.2, -0.15) is 0 Å². The Hall–Kier alpha value is -1.43. The van der Waals surface area contributed by atoms with Crippen LogP contribution in [0.5, 0.6) is 0 Å². The highest BCUT2D eigenvalue weighted by atomic mass is 35.5. The summed E-state index contributed by atoms with van der Waals surface area (Å²) in [5, 5.41) is 6.91.